The number of ether oxygens (including phenoxy) is 1. The summed E-state index contributed by atoms with van der Waals surface area (Å²) in [5.41, 5.74) is 2.28. The lowest BCUT2D eigenvalue weighted by Gasteiger charge is -2.25. The number of nitrogens with one attached hydrogen (secondary N) is 1. The average Bonchev–Trinajstić information content (AvgIpc) is 2.71. The molecule has 0 bridgehead atoms. The topological polar surface area (TPSA) is 34.4 Å². The zero-order valence-corrected chi connectivity index (χ0v) is 13.2. The largest absolute Gasteiger partial charge is 0.458 e. The van der Waals surface area contributed by atoms with Crippen LogP contribution in [0.3, 0.4) is 0 Å². The highest BCUT2D eigenvalue weighted by Crippen LogP contribution is 2.29. The minimum Gasteiger partial charge on any atom is -0.458 e. The van der Waals surface area contributed by atoms with E-state index >= 15 is 0 Å². The monoisotopic (exact) mass is 287 g/mol. The number of fused-ring (bicyclic) bond motifs is 1. The third-order valence-corrected chi connectivity index (χ3v) is 4.08. The molecule has 114 valence electrons. The summed E-state index contributed by atoms with van der Waals surface area (Å²) < 4.78 is 12.0. The minimum absolute atomic E-state index is 0.0878. The summed E-state index contributed by atoms with van der Waals surface area (Å²) >= 11 is 0. The maximum atomic E-state index is 6.02. The third-order valence-electron chi connectivity index (χ3n) is 4.08. The maximum Gasteiger partial charge on any atom is 0.135 e. The smallest absolute Gasteiger partial charge is 0.135 e. The van der Waals surface area contributed by atoms with Gasteiger partial charge in [0.1, 0.15) is 18.0 Å². The first kappa shape index (κ1) is 14.6. The van der Waals surface area contributed by atoms with Gasteiger partial charge in [0.15, 0.2) is 0 Å². The first-order valence-corrected chi connectivity index (χ1v) is 7.89. The van der Waals surface area contributed by atoms with Gasteiger partial charge in [-0.25, -0.2) is 0 Å². The van der Waals surface area contributed by atoms with Gasteiger partial charge in [0, 0.05) is 23.0 Å². The standard InChI is InChI=1S/C18H25NO2/c1-18(2,3)19-11-15-14-9-4-5-10-16(14)21-17(15)12-20-13-7-6-8-13/h4-5,9-10,13,19H,6-8,11-12H2,1-3H3. The van der Waals surface area contributed by atoms with Gasteiger partial charge in [-0.2, -0.15) is 0 Å². The molecule has 2 aromatic rings. The van der Waals surface area contributed by atoms with Gasteiger partial charge in [0.25, 0.3) is 0 Å². The summed E-state index contributed by atoms with van der Waals surface area (Å²) in [6.07, 6.45) is 4.11. The molecule has 0 spiro atoms. The fraction of sp³-hybridized carbons (Fsp3) is 0.556. The van der Waals surface area contributed by atoms with E-state index in [4.69, 9.17) is 9.15 Å². The van der Waals surface area contributed by atoms with Gasteiger partial charge in [0.05, 0.1) is 6.10 Å². The van der Waals surface area contributed by atoms with Crippen molar-refractivity contribution in [1.29, 1.82) is 0 Å². The highest BCUT2D eigenvalue weighted by atomic mass is 16.5. The zero-order valence-electron chi connectivity index (χ0n) is 13.2. The van der Waals surface area contributed by atoms with E-state index in [0.717, 1.165) is 17.9 Å². The van der Waals surface area contributed by atoms with Crippen LogP contribution in [0, 0.1) is 0 Å². The van der Waals surface area contributed by atoms with Gasteiger partial charge < -0.3 is 14.5 Å². The number of hydrogen-bond donors (Lipinski definition) is 1. The molecule has 1 heterocycles. The molecular weight excluding hydrogens is 262 g/mol. The van der Waals surface area contributed by atoms with Crippen LogP contribution in [0.5, 0.6) is 0 Å². The predicted octanol–water partition coefficient (Wildman–Crippen LogP) is 4.39. The Morgan fingerprint density at radius 2 is 2.00 bits per heavy atom. The first-order valence-electron chi connectivity index (χ1n) is 7.89. The van der Waals surface area contributed by atoms with E-state index in [-0.39, 0.29) is 5.54 Å². The normalized spacial score (nSPS) is 16.3. The quantitative estimate of drug-likeness (QED) is 0.885. The van der Waals surface area contributed by atoms with Gasteiger partial charge >= 0.3 is 0 Å². The SMILES string of the molecule is CC(C)(C)NCc1c(COC2CCC2)oc2ccccc12. The Kier molecular flexibility index (Phi) is 4.05. The van der Waals surface area contributed by atoms with Crippen molar-refractivity contribution in [3.05, 3.63) is 35.6 Å². The van der Waals surface area contributed by atoms with Crippen LogP contribution in [0.1, 0.15) is 51.4 Å². The van der Waals surface area contributed by atoms with Crippen molar-refractivity contribution in [3.63, 3.8) is 0 Å². The lowest BCUT2D eigenvalue weighted by atomic mass is 9.96. The average molecular weight is 287 g/mol. The van der Waals surface area contributed by atoms with E-state index in [1.165, 1.54) is 30.2 Å². The molecule has 3 heteroatoms. The number of hydrogen-bond acceptors (Lipinski definition) is 3. The molecule has 0 saturated heterocycles. The second-order valence-electron chi connectivity index (χ2n) is 6.97. The molecule has 0 amide bonds. The first-order chi connectivity index (χ1) is 10.0. The molecule has 1 aliphatic carbocycles. The van der Waals surface area contributed by atoms with E-state index in [2.05, 4.69) is 38.2 Å². The van der Waals surface area contributed by atoms with Crippen molar-refractivity contribution >= 4 is 11.0 Å². The van der Waals surface area contributed by atoms with E-state index < -0.39 is 0 Å². The predicted molar refractivity (Wildman–Crippen MR) is 85.2 cm³/mol. The Balaban J connectivity index is 1.82. The summed E-state index contributed by atoms with van der Waals surface area (Å²) in [5, 5.41) is 4.75. The molecule has 1 aromatic carbocycles. The van der Waals surface area contributed by atoms with E-state index in [9.17, 15) is 0 Å². The molecule has 0 radical (unpaired) electrons. The minimum atomic E-state index is 0.0878. The summed E-state index contributed by atoms with van der Waals surface area (Å²) in [6, 6.07) is 8.24. The Bertz CT molecular complexity index is 605. The van der Waals surface area contributed by atoms with Crippen LogP contribution in [0.15, 0.2) is 28.7 Å². The molecule has 21 heavy (non-hydrogen) atoms. The molecular formula is C18H25NO2. The Morgan fingerprint density at radius 3 is 2.67 bits per heavy atom. The summed E-state index contributed by atoms with van der Waals surface area (Å²) in [5.74, 6) is 0.972. The van der Waals surface area contributed by atoms with Crippen LogP contribution in [0.25, 0.3) is 11.0 Å². The Hall–Kier alpha value is -1.32. The fourth-order valence-corrected chi connectivity index (χ4v) is 2.54. The van der Waals surface area contributed by atoms with Crippen molar-refractivity contribution in [2.75, 3.05) is 0 Å². The van der Waals surface area contributed by atoms with E-state index in [0.29, 0.717) is 12.7 Å². The molecule has 0 aliphatic heterocycles. The molecule has 1 fully saturated rings. The Labute approximate surface area is 126 Å². The van der Waals surface area contributed by atoms with Gasteiger partial charge in [-0.15, -0.1) is 0 Å². The maximum absolute atomic E-state index is 6.02. The molecule has 1 saturated carbocycles. The number of furan rings is 1. The molecule has 1 N–H and O–H groups in total. The van der Waals surface area contributed by atoms with Gasteiger partial charge in [0.2, 0.25) is 0 Å². The molecule has 1 aliphatic rings. The zero-order chi connectivity index (χ0) is 14.9. The van der Waals surface area contributed by atoms with E-state index in [1.807, 2.05) is 12.1 Å². The highest BCUT2D eigenvalue weighted by molar-refractivity contribution is 5.82. The number of benzene rings is 1. The number of rotatable bonds is 5. The van der Waals surface area contributed by atoms with E-state index in [1.54, 1.807) is 0 Å². The van der Waals surface area contributed by atoms with Crippen LogP contribution in [-0.2, 0) is 17.9 Å². The lowest BCUT2D eigenvalue weighted by Crippen LogP contribution is -2.35. The fourth-order valence-electron chi connectivity index (χ4n) is 2.54. The highest BCUT2D eigenvalue weighted by Gasteiger charge is 2.21. The summed E-state index contributed by atoms with van der Waals surface area (Å²) in [4.78, 5) is 0. The lowest BCUT2D eigenvalue weighted by molar-refractivity contribution is -0.0156. The molecule has 0 unspecified atom stereocenters. The van der Waals surface area contributed by atoms with Crippen molar-refractivity contribution in [2.24, 2.45) is 0 Å². The van der Waals surface area contributed by atoms with Crippen LogP contribution < -0.4 is 5.32 Å². The molecule has 1 aromatic heterocycles. The molecule has 3 rings (SSSR count). The van der Waals surface area contributed by atoms with Gasteiger partial charge in [-0.1, -0.05) is 18.2 Å². The Morgan fingerprint density at radius 1 is 1.24 bits per heavy atom. The van der Waals surface area contributed by atoms with Crippen LogP contribution in [-0.4, -0.2) is 11.6 Å². The van der Waals surface area contributed by atoms with Crippen LogP contribution in [0.2, 0.25) is 0 Å². The van der Waals surface area contributed by atoms with Crippen molar-refractivity contribution in [1.82, 2.24) is 5.32 Å². The van der Waals surface area contributed by atoms with Crippen LogP contribution in [0.4, 0.5) is 0 Å². The van der Waals surface area contributed by atoms with Crippen molar-refractivity contribution in [3.8, 4) is 0 Å². The van der Waals surface area contributed by atoms with Crippen molar-refractivity contribution < 1.29 is 9.15 Å². The molecule has 3 nitrogen and oxygen atoms in total. The third kappa shape index (κ3) is 3.47. The van der Waals surface area contributed by atoms with Crippen LogP contribution >= 0.6 is 0 Å². The second-order valence-corrected chi connectivity index (χ2v) is 6.97. The molecule has 0 atom stereocenters. The summed E-state index contributed by atoms with van der Waals surface area (Å²) in [6.45, 7) is 7.93. The van der Waals surface area contributed by atoms with Crippen molar-refractivity contribution in [2.45, 2.75) is 64.8 Å². The second kappa shape index (κ2) is 5.82. The van der Waals surface area contributed by atoms with Gasteiger partial charge in [-0.05, 0) is 46.1 Å². The summed E-state index contributed by atoms with van der Waals surface area (Å²) in [7, 11) is 0. The van der Waals surface area contributed by atoms with Gasteiger partial charge in [-0.3, -0.25) is 0 Å². The number of para-hydroxylation sites is 1.